The third-order valence-corrected chi connectivity index (χ3v) is 8.79. The summed E-state index contributed by atoms with van der Waals surface area (Å²) >= 11 is 0. The molecule has 0 atom stereocenters. The lowest BCUT2D eigenvalue weighted by Gasteiger charge is -2.05. The number of ether oxygens (including phenoxy) is 1. The summed E-state index contributed by atoms with van der Waals surface area (Å²) in [5.41, 5.74) is 0.669. The van der Waals surface area contributed by atoms with Crippen molar-refractivity contribution in [2.24, 2.45) is 0 Å². The molecule has 0 aliphatic rings. The van der Waals surface area contributed by atoms with Crippen LogP contribution < -0.4 is 4.57 Å². The highest BCUT2D eigenvalue weighted by Gasteiger charge is 2.09. The first-order valence-corrected chi connectivity index (χ1v) is 19.1. The van der Waals surface area contributed by atoms with Crippen molar-refractivity contribution in [3.8, 4) is 0 Å². The van der Waals surface area contributed by atoms with Gasteiger partial charge in [0.1, 0.15) is 6.54 Å². The molecule has 0 spiro atoms. The number of carbonyl (C=O) groups is 1. The van der Waals surface area contributed by atoms with Crippen molar-refractivity contribution in [3.63, 3.8) is 0 Å². The van der Waals surface area contributed by atoms with Gasteiger partial charge in [0.25, 0.3) is 0 Å². The molecule has 1 rings (SSSR count). The van der Waals surface area contributed by atoms with Gasteiger partial charge in [0.15, 0.2) is 12.4 Å². The second-order valence-corrected chi connectivity index (χ2v) is 13.0. The number of aromatic nitrogens is 1. The maximum absolute atomic E-state index is 12.4. The number of esters is 1. The van der Waals surface area contributed by atoms with E-state index in [4.69, 9.17) is 4.74 Å². The average molecular weight is 599 g/mol. The number of hydrogen-bond donors (Lipinski definition) is 0. The van der Waals surface area contributed by atoms with Crippen LogP contribution >= 0.6 is 0 Å². The zero-order valence-corrected chi connectivity index (χ0v) is 28.9. The van der Waals surface area contributed by atoms with Crippen molar-refractivity contribution in [1.82, 2.24) is 0 Å². The summed E-state index contributed by atoms with van der Waals surface area (Å²) in [5.74, 6) is -0.181. The summed E-state index contributed by atoms with van der Waals surface area (Å²) in [6.45, 7) is 6.13. The molecule has 0 aliphatic carbocycles. The largest absolute Gasteiger partial charge is 0.462 e. The molecule has 0 fully saturated rings. The van der Waals surface area contributed by atoms with Gasteiger partial charge in [0.05, 0.1) is 12.2 Å². The fraction of sp³-hybridized carbons (Fsp3) is 0.800. The molecule has 0 N–H and O–H groups in total. The Labute approximate surface area is 268 Å². The smallest absolute Gasteiger partial charge is 0.338 e. The van der Waals surface area contributed by atoms with Crippen LogP contribution in [-0.4, -0.2) is 12.6 Å². The third-order valence-electron chi connectivity index (χ3n) is 8.79. The van der Waals surface area contributed by atoms with Crippen LogP contribution in [0.2, 0.25) is 0 Å². The topological polar surface area (TPSA) is 30.2 Å². The maximum Gasteiger partial charge on any atom is 0.338 e. The summed E-state index contributed by atoms with van der Waals surface area (Å²) < 4.78 is 7.71. The Hall–Kier alpha value is -1.64. The minimum absolute atomic E-state index is 0.181. The standard InChI is InChI=1S/C40H72NO2/c1-3-5-7-9-11-13-15-17-19-20-21-23-25-27-29-31-35-41-36-33-39(34-37-41)40(42)43-38-32-30-28-26-24-22-18-16-14-12-10-8-6-4-2/h17,19,33-34,36-37H,3-16,18,20-32,35,38H2,1-2H3/q+1/b19-17-. The van der Waals surface area contributed by atoms with E-state index in [1.54, 1.807) is 0 Å². The van der Waals surface area contributed by atoms with Gasteiger partial charge in [-0.1, -0.05) is 161 Å². The van der Waals surface area contributed by atoms with Gasteiger partial charge in [0.2, 0.25) is 0 Å². The van der Waals surface area contributed by atoms with Crippen LogP contribution in [0.5, 0.6) is 0 Å². The van der Waals surface area contributed by atoms with Crippen molar-refractivity contribution in [2.45, 2.75) is 200 Å². The van der Waals surface area contributed by atoms with Gasteiger partial charge in [-0.2, -0.15) is 0 Å². The van der Waals surface area contributed by atoms with E-state index in [1.165, 1.54) is 167 Å². The Balaban J connectivity index is 1.90. The van der Waals surface area contributed by atoms with Crippen LogP contribution in [0.25, 0.3) is 0 Å². The molecular weight excluding hydrogens is 526 g/mol. The van der Waals surface area contributed by atoms with Gasteiger partial charge in [-0.15, -0.1) is 0 Å². The maximum atomic E-state index is 12.4. The van der Waals surface area contributed by atoms with Crippen LogP contribution in [0.4, 0.5) is 0 Å². The van der Waals surface area contributed by atoms with Gasteiger partial charge in [-0.25, -0.2) is 9.36 Å². The van der Waals surface area contributed by atoms with Gasteiger partial charge < -0.3 is 4.74 Å². The molecule has 0 saturated carbocycles. The van der Waals surface area contributed by atoms with Gasteiger partial charge in [-0.3, -0.25) is 0 Å². The predicted molar refractivity (Wildman–Crippen MR) is 187 cm³/mol. The SMILES string of the molecule is CCCCCCCC/C=C\CCCCCCCC[n+]1ccc(C(=O)OCCCCCCCCCCCCCCCC)cc1. The molecule has 0 bridgehead atoms. The van der Waals surface area contributed by atoms with Crippen molar-refractivity contribution in [1.29, 1.82) is 0 Å². The predicted octanol–water partition coefficient (Wildman–Crippen LogP) is 12.6. The monoisotopic (exact) mass is 599 g/mol. The Morgan fingerprint density at radius 1 is 0.535 bits per heavy atom. The highest BCUT2D eigenvalue weighted by molar-refractivity contribution is 5.88. The second kappa shape index (κ2) is 31.8. The van der Waals surface area contributed by atoms with Gasteiger partial charge in [-0.05, 0) is 38.5 Å². The molecule has 0 aliphatic heterocycles. The molecule has 1 aromatic heterocycles. The van der Waals surface area contributed by atoms with Gasteiger partial charge >= 0.3 is 5.97 Å². The number of aryl methyl sites for hydroxylation is 1. The molecule has 3 heteroatoms. The zero-order valence-electron chi connectivity index (χ0n) is 28.9. The summed E-state index contributed by atoms with van der Waals surface area (Å²) in [6, 6.07) is 3.82. The lowest BCUT2D eigenvalue weighted by atomic mass is 10.0. The fourth-order valence-electron chi connectivity index (χ4n) is 5.83. The molecule has 3 nitrogen and oxygen atoms in total. The number of carbonyl (C=O) groups excluding carboxylic acids is 1. The Morgan fingerprint density at radius 3 is 1.35 bits per heavy atom. The molecule has 1 heterocycles. The van der Waals surface area contributed by atoms with E-state index in [0.29, 0.717) is 12.2 Å². The van der Waals surface area contributed by atoms with E-state index in [9.17, 15) is 4.79 Å². The minimum atomic E-state index is -0.181. The number of rotatable bonds is 32. The van der Waals surface area contributed by atoms with Crippen LogP contribution in [0.1, 0.15) is 204 Å². The first kappa shape index (κ1) is 39.4. The lowest BCUT2D eigenvalue weighted by molar-refractivity contribution is -0.697. The van der Waals surface area contributed by atoms with Crippen molar-refractivity contribution < 1.29 is 14.1 Å². The quantitative estimate of drug-likeness (QED) is 0.0357. The lowest BCUT2D eigenvalue weighted by Crippen LogP contribution is -2.32. The van der Waals surface area contributed by atoms with Gasteiger partial charge in [0, 0.05) is 18.6 Å². The minimum Gasteiger partial charge on any atom is -0.462 e. The van der Waals surface area contributed by atoms with E-state index in [1.807, 2.05) is 24.5 Å². The molecule has 248 valence electrons. The average Bonchev–Trinajstić information content (AvgIpc) is 3.03. The van der Waals surface area contributed by atoms with E-state index >= 15 is 0 Å². The highest BCUT2D eigenvalue weighted by Crippen LogP contribution is 2.14. The summed E-state index contributed by atoms with van der Waals surface area (Å²) in [4.78, 5) is 12.4. The number of pyridine rings is 1. The molecule has 1 aromatic rings. The van der Waals surface area contributed by atoms with Crippen LogP contribution in [-0.2, 0) is 11.3 Å². The molecule has 0 amide bonds. The molecule has 43 heavy (non-hydrogen) atoms. The van der Waals surface area contributed by atoms with Crippen molar-refractivity contribution in [2.75, 3.05) is 6.61 Å². The molecule has 0 unspecified atom stereocenters. The number of allylic oxidation sites excluding steroid dienone is 2. The third kappa shape index (κ3) is 26.5. The fourth-order valence-corrected chi connectivity index (χ4v) is 5.83. The normalized spacial score (nSPS) is 11.5. The van der Waals surface area contributed by atoms with Crippen LogP contribution in [0.15, 0.2) is 36.7 Å². The Morgan fingerprint density at radius 2 is 0.907 bits per heavy atom. The summed E-state index contributed by atoms with van der Waals surface area (Å²) in [5, 5.41) is 0. The number of nitrogens with zero attached hydrogens (tertiary/aromatic N) is 1. The molecule has 0 aromatic carbocycles. The molecule has 0 saturated heterocycles. The van der Waals surface area contributed by atoms with E-state index in [-0.39, 0.29) is 5.97 Å². The number of unbranched alkanes of at least 4 members (excludes halogenated alkanes) is 25. The van der Waals surface area contributed by atoms with Crippen LogP contribution in [0.3, 0.4) is 0 Å². The van der Waals surface area contributed by atoms with Crippen LogP contribution in [0, 0.1) is 0 Å². The van der Waals surface area contributed by atoms with Crippen molar-refractivity contribution in [3.05, 3.63) is 42.2 Å². The zero-order chi connectivity index (χ0) is 30.9. The first-order valence-electron chi connectivity index (χ1n) is 19.1. The highest BCUT2D eigenvalue weighted by atomic mass is 16.5. The molecular formula is C40H72NO2+. The molecule has 0 radical (unpaired) electrons. The van der Waals surface area contributed by atoms with E-state index in [0.717, 1.165) is 19.4 Å². The van der Waals surface area contributed by atoms with E-state index < -0.39 is 0 Å². The number of hydrogen-bond acceptors (Lipinski definition) is 2. The summed E-state index contributed by atoms with van der Waals surface area (Å²) in [7, 11) is 0. The summed E-state index contributed by atoms with van der Waals surface area (Å²) in [6.07, 6.45) is 46.3. The Kier molecular flexibility index (Phi) is 29.1. The van der Waals surface area contributed by atoms with E-state index in [2.05, 4.69) is 30.6 Å². The second-order valence-electron chi connectivity index (χ2n) is 13.0. The van der Waals surface area contributed by atoms with Crippen molar-refractivity contribution >= 4 is 5.97 Å². The Bertz CT molecular complexity index is 741. The first-order chi connectivity index (χ1) is 21.3.